The van der Waals surface area contributed by atoms with Crippen molar-refractivity contribution in [1.82, 2.24) is 4.90 Å². The number of nitrogens with zero attached hydrogens (tertiary/aromatic N) is 2. The number of rotatable bonds is 1. The van der Waals surface area contributed by atoms with Gasteiger partial charge in [0.05, 0.1) is 7.11 Å². The minimum absolute atomic E-state index is 0.252. The monoisotopic (exact) mass is 268 g/mol. The van der Waals surface area contributed by atoms with E-state index >= 15 is 0 Å². The van der Waals surface area contributed by atoms with Crippen LogP contribution < -0.4 is 4.90 Å². The third-order valence-corrected chi connectivity index (χ3v) is 3.46. The van der Waals surface area contributed by atoms with E-state index in [0.717, 1.165) is 23.8 Å². The lowest BCUT2D eigenvalue weighted by Gasteiger charge is -2.36. The second-order valence-corrected chi connectivity index (χ2v) is 4.81. The summed E-state index contributed by atoms with van der Waals surface area (Å²) in [5.41, 5.74) is 2.35. The topological polar surface area (TPSA) is 32.8 Å². The lowest BCUT2D eigenvalue weighted by Crippen LogP contribution is -2.48. The molecule has 18 heavy (non-hydrogen) atoms. The molecule has 1 amide bonds. The summed E-state index contributed by atoms with van der Waals surface area (Å²) in [7, 11) is 1.41. The molecule has 5 heteroatoms. The average Bonchev–Trinajstić information content (AvgIpc) is 2.41. The van der Waals surface area contributed by atoms with Crippen LogP contribution in [-0.4, -0.2) is 44.3 Å². The van der Waals surface area contributed by atoms with Gasteiger partial charge < -0.3 is 14.5 Å². The van der Waals surface area contributed by atoms with Crippen LogP contribution in [0.3, 0.4) is 0 Å². The molecule has 0 aromatic heterocycles. The number of carbonyl (C=O) groups is 1. The van der Waals surface area contributed by atoms with Gasteiger partial charge in [-0.1, -0.05) is 17.7 Å². The zero-order valence-electron chi connectivity index (χ0n) is 10.6. The van der Waals surface area contributed by atoms with Crippen LogP contribution >= 0.6 is 11.6 Å². The Morgan fingerprint density at radius 2 is 1.94 bits per heavy atom. The standard InChI is InChI=1S/C13H17ClN2O2/c1-10-3-4-11(14)9-12(10)15-5-7-16(8-6-15)13(17)18-2/h3-4,9H,5-8H2,1-2H3. The Balaban J connectivity index is 2.05. The number of benzene rings is 1. The molecule has 1 fully saturated rings. The summed E-state index contributed by atoms with van der Waals surface area (Å²) in [5, 5.41) is 0.742. The summed E-state index contributed by atoms with van der Waals surface area (Å²) in [4.78, 5) is 15.4. The molecular formula is C13H17ClN2O2. The highest BCUT2D eigenvalue weighted by molar-refractivity contribution is 6.30. The van der Waals surface area contributed by atoms with E-state index in [1.807, 2.05) is 18.2 Å². The van der Waals surface area contributed by atoms with Gasteiger partial charge >= 0.3 is 6.09 Å². The largest absolute Gasteiger partial charge is 0.453 e. The van der Waals surface area contributed by atoms with Gasteiger partial charge in [0.25, 0.3) is 0 Å². The van der Waals surface area contributed by atoms with Crippen LogP contribution in [-0.2, 0) is 4.74 Å². The van der Waals surface area contributed by atoms with E-state index in [4.69, 9.17) is 16.3 Å². The number of halogens is 1. The molecule has 1 saturated heterocycles. The molecule has 1 aromatic rings. The molecular weight excluding hydrogens is 252 g/mol. The van der Waals surface area contributed by atoms with Crippen molar-refractivity contribution in [2.24, 2.45) is 0 Å². The van der Waals surface area contributed by atoms with Crippen molar-refractivity contribution >= 4 is 23.4 Å². The SMILES string of the molecule is COC(=O)N1CCN(c2cc(Cl)ccc2C)CC1. The number of amides is 1. The summed E-state index contributed by atoms with van der Waals surface area (Å²) in [6, 6.07) is 5.89. The Labute approximate surface area is 112 Å². The van der Waals surface area contributed by atoms with Gasteiger partial charge in [-0.2, -0.15) is 0 Å². The molecule has 0 atom stereocenters. The van der Waals surface area contributed by atoms with Crippen molar-refractivity contribution in [2.45, 2.75) is 6.92 Å². The van der Waals surface area contributed by atoms with Crippen LogP contribution in [0.2, 0.25) is 5.02 Å². The van der Waals surface area contributed by atoms with E-state index in [-0.39, 0.29) is 6.09 Å². The van der Waals surface area contributed by atoms with Crippen molar-refractivity contribution in [3.05, 3.63) is 28.8 Å². The van der Waals surface area contributed by atoms with Crippen molar-refractivity contribution in [1.29, 1.82) is 0 Å². The van der Waals surface area contributed by atoms with Gasteiger partial charge in [0, 0.05) is 36.9 Å². The maximum atomic E-state index is 11.4. The highest BCUT2D eigenvalue weighted by Gasteiger charge is 2.22. The second kappa shape index (κ2) is 5.48. The predicted molar refractivity (Wildman–Crippen MR) is 72.4 cm³/mol. The molecule has 1 aromatic carbocycles. The number of aryl methyl sites for hydroxylation is 1. The lowest BCUT2D eigenvalue weighted by atomic mass is 10.1. The second-order valence-electron chi connectivity index (χ2n) is 4.37. The molecule has 1 heterocycles. The van der Waals surface area contributed by atoms with Gasteiger partial charge in [-0.15, -0.1) is 0 Å². The summed E-state index contributed by atoms with van der Waals surface area (Å²) in [6.45, 7) is 5.03. The highest BCUT2D eigenvalue weighted by Crippen LogP contribution is 2.25. The number of anilines is 1. The molecule has 0 radical (unpaired) electrons. The molecule has 0 spiro atoms. The van der Waals surface area contributed by atoms with E-state index in [9.17, 15) is 4.79 Å². The van der Waals surface area contributed by atoms with E-state index in [0.29, 0.717) is 13.1 Å². The minimum Gasteiger partial charge on any atom is -0.453 e. The first-order valence-electron chi connectivity index (χ1n) is 5.96. The van der Waals surface area contributed by atoms with Gasteiger partial charge in [0.2, 0.25) is 0 Å². The number of carbonyl (C=O) groups excluding carboxylic acids is 1. The van der Waals surface area contributed by atoms with E-state index in [2.05, 4.69) is 11.8 Å². The van der Waals surface area contributed by atoms with Gasteiger partial charge in [0.15, 0.2) is 0 Å². The highest BCUT2D eigenvalue weighted by atomic mass is 35.5. The molecule has 0 unspecified atom stereocenters. The number of hydrogen-bond acceptors (Lipinski definition) is 3. The van der Waals surface area contributed by atoms with E-state index < -0.39 is 0 Å². The molecule has 0 saturated carbocycles. The fourth-order valence-corrected chi connectivity index (χ4v) is 2.35. The smallest absolute Gasteiger partial charge is 0.409 e. The molecule has 4 nitrogen and oxygen atoms in total. The van der Waals surface area contributed by atoms with Crippen molar-refractivity contribution in [3.8, 4) is 0 Å². The Bertz CT molecular complexity index is 443. The first-order chi connectivity index (χ1) is 8.61. The predicted octanol–water partition coefficient (Wildman–Crippen LogP) is 2.54. The van der Waals surface area contributed by atoms with Crippen LogP contribution in [0.5, 0.6) is 0 Å². The molecule has 1 aliphatic heterocycles. The van der Waals surface area contributed by atoms with Crippen molar-refractivity contribution in [2.75, 3.05) is 38.2 Å². The Kier molecular flexibility index (Phi) is 3.97. The average molecular weight is 269 g/mol. The minimum atomic E-state index is -0.252. The van der Waals surface area contributed by atoms with Crippen LogP contribution in [0.4, 0.5) is 10.5 Å². The van der Waals surface area contributed by atoms with Crippen LogP contribution in [0, 0.1) is 6.92 Å². The molecule has 0 aliphatic carbocycles. The number of ether oxygens (including phenoxy) is 1. The van der Waals surface area contributed by atoms with Crippen LogP contribution in [0.1, 0.15) is 5.56 Å². The molecule has 2 rings (SSSR count). The lowest BCUT2D eigenvalue weighted by molar-refractivity contribution is 0.121. The quantitative estimate of drug-likeness (QED) is 0.785. The molecule has 1 aliphatic rings. The summed E-state index contributed by atoms with van der Waals surface area (Å²) >= 11 is 6.03. The summed E-state index contributed by atoms with van der Waals surface area (Å²) in [5.74, 6) is 0. The maximum absolute atomic E-state index is 11.4. The Morgan fingerprint density at radius 3 is 2.56 bits per heavy atom. The van der Waals surface area contributed by atoms with Gasteiger partial charge in [-0.05, 0) is 24.6 Å². The maximum Gasteiger partial charge on any atom is 0.409 e. The van der Waals surface area contributed by atoms with Gasteiger partial charge in [0.1, 0.15) is 0 Å². The number of piperazine rings is 1. The molecule has 0 N–H and O–H groups in total. The fraction of sp³-hybridized carbons (Fsp3) is 0.462. The zero-order chi connectivity index (χ0) is 13.1. The summed E-state index contributed by atoms with van der Waals surface area (Å²) in [6.07, 6.45) is -0.252. The molecule has 98 valence electrons. The third-order valence-electron chi connectivity index (χ3n) is 3.22. The zero-order valence-corrected chi connectivity index (χ0v) is 11.4. The van der Waals surface area contributed by atoms with Gasteiger partial charge in [-0.25, -0.2) is 4.79 Å². The Morgan fingerprint density at radius 1 is 1.28 bits per heavy atom. The van der Waals surface area contributed by atoms with Crippen LogP contribution in [0.25, 0.3) is 0 Å². The van der Waals surface area contributed by atoms with Crippen LogP contribution in [0.15, 0.2) is 18.2 Å². The first-order valence-corrected chi connectivity index (χ1v) is 6.33. The van der Waals surface area contributed by atoms with Crippen molar-refractivity contribution < 1.29 is 9.53 Å². The van der Waals surface area contributed by atoms with Crippen molar-refractivity contribution in [3.63, 3.8) is 0 Å². The third kappa shape index (κ3) is 2.70. The first kappa shape index (κ1) is 13.0. The van der Waals surface area contributed by atoms with Gasteiger partial charge in [-0.3, -0.25) is 0 Å². The molecule has 0 bridgehead atoms. The van der Waals surface area contributed by atoms with E-state index in [1.54, 1.807) is 4.90 Å². The Hall–Kier alpha value is -1.42. The normalized spacial score (nSPS) is 15.7. The number of methoxy groups -OCH3 is 1. The van der Waals surface area contributed by atoms with E-state index in [1.165, 1.54) is 12.7 Å². The number of hydrogen-bond donors (Lipinski definition) is 0. The summed E-state index contributed by atoms with van der Waals surface area (Å²) < 4.78 is 4.72. The fourth-order valence-electron chi connectivity index (χ4n) is 2.18.